The summed E-state index contributed by atoms with van der Waals surface area (Å²) in [6.07, 6.45) is 8.15. The van der Waals surface area contributed by atoms with Crippen molar-refractivity contribution in [1.82, 2.24) is 19.6 Å². The number of aliphatic hydroxyl groups excluding tert-OH is 1. The molecule has 3 heterocycles. The number of ether oxygens (including phenoxy) is 1. The van der Waals surface area contributed by atoms with E-state index in [1.54, 1.807) is 24.0 Å². The van der Waals surface area contributed by atoms with Gasteiger partial charge in [-0.2, -0.15) is 5.10 Å². The number of pyridine rings is 1. The van der Waals surface area contributed by atoms with Crippen LogP contribution in [0.3, 0.4) is 0 Å². The van der Waals surface area contributed by atoms with E-state index in [-0.39, 0.29) is 19.0 Å². The third-order valence-corrected chi connectivity index (χ3v) is 4.16. The molecule has 3 aromatic heterocycles. The van der Waals surface area contributed by atoms with E-state index < -0.39 is 0 Å². The highest BCUT2D eigenvalue weighted by molar-refractivity contribution is 6.08. The highest BCUT2D eigenvalue weighted by Gasteiger charge is 2.09. The zero-order chi connectivity index (χ0) is 20.6. The predicted octanol–water partition coefficient (Wildman–Crippen LogP) is 0.828. The Balaban J connectivity index is 1.78. The predicted molar refractivity (Wildman–Crippen MR) is 112 cm³/mol. The molecule has 29 heavy (non-hydrogen) atoms. The van der Waals surface area contributed by atoms with E-state index in [1.807, 2.05) is 18.3 Å². The van der Waals surface area contributed by atoms with Gasteiger partial charge in [0, 0.05) is 43.4 Å². The van der Waals surface area contributed by atoms with Crippen molar-refractivity contribution in [2.75, 3.05) is 31.3 Å². The molecule has 0 aliphatic heterocycles. The van der Waals surface area contributed by atoms with Crippen molar-refractivity contribution in [3.05, 3.63) is 53.7 Å². The summed E-state index contributed by atoms with van der Waals surface area (Å²) in [7, 11) is 1.65. The Morgan fingerprint density at radius 1 is 1.41 bits per heavy atom. The Labute approximate surface area is 167 Å². The van der Waals surface area contributed by atoms with Gasteiger partial charge in [0.1, 0.15) is 0 Å². The zero-order valence-corrected chi connectivity index (χ0v) is 16.1. The number of allylic oxidation sites excluding steroid dienone is 1. The molecule has 0 aliphatic rings. The van der Waals surface area contributed by atoms with Crippen LogP contribution in [-0.4, -0.2) is 51.2 Å². The van der Waals surface area contributed by atoms with Crippen LogP contribution in [-0.2, 0) is 17.9 Å². The van der Waals surface area contributed by atoms with E-state index >= 15 is 0 Å². The van der Waals surface area contributed by atoms with Crippen molar-refractivity contribution < 1.29 is 9.84 Å². The summed E-state index contributed by atoms with van der Waals surface area (Å²) in [4.78, 5) is 12.8. The molecule has 0 amide bonds. The van der Waals surface area contributed by atoms with E-state index in [4.69, 9.17) is 21.3 Å². The number of aromatic nitrogens is 4. The van der Waals surface area contributed by atoms with Gasteiger partial charge in [0.15, 0.2) is 11.6 Å². The molecule has 0 radical (unpaired) electrons. The molecular formula is C19H24N8O2. The van der Waals surface area contributed by atoms with Crippen LogP contribution in [0.2, 0.25) is 0 Å². The molecule has 3 rings (SSSR count). The second-order valence-electron chi connectivity index (χ2n) is 6.19. The summed E-state index contributed by atoms with van der Waals surface area (Å²) in [5.41, 5.74) is 15.8. The molecule has 0 aromatic carbocycles. The van der Waals surface area contributed by atoms with E-state index in [1.165, 1.54) is 12.4 Å². The molecule has 6 N–H and O–H groups in total. The highest BCUT2D eigenvalue weighted by Crippen LogP contribution is 2.19. The van der Waals surface area contributed by atoms with E-state index in [2.05, 4.69) is 25.4 Å². The normalized spacial score (nSPS) is 12.1. The molecule has 152 valence electrons. The van der Waals surface area contributed by atoms with Crippen LogP contribution < -0.4 is 16.8 Å². The fraction of sp³-hybridized carbons (Fsp3) is 0.263. The van der Waals surface area contributed by atoms with Crippen molar-refractivity contribution in [1.29, 1.82) is 0 Å². The lowest BCUT2D eigenvalue weighted by atomic mass is 10.2. The molecule has 3 aromatic rings. The fourth-order valence-corrected chi connectivity index (χ4v) is 2.72. The molecule has 10 heteroatoms. The van der Waals surface area contributed by atoms with Gasteiger partial charge in [0.25, 0.3) is 0 Å². The van der Waals surface area contributed by atoms with Crippen molar-refractivity contribution >= 4 is 28.9 Å². The van der Waals surface area contributed by atoms with E-state index in [9.17, 15) is 0 Å². The van der Waals surface area contributed by atoms with Gasteiger partial charge in [0.2, 0.25) is 0 Å². The number of aliphatic imine (C=N–C) groups is 1. The minimum absolute atomic E-state index is 0.0395. The Hall–Kier alpha value is -3.50. The number of rotatable bonds is 9. The third kappa shape index (κ3) is 4.86. The van der Waals surface area contributed by atoms with Crippen molar-refractivity contribution in [3.8, 4) is 0 Å². The topological polar surface area (TPSA) is 149 Å². The van der Waals surface area contributed by atoms with Gasteiger partial charge in [0.05, 0.1) is 43.4 Å². The number of hydrogen-bond donors (Lipinski definition) is 4. The molecule has 0 fully saturated rings. The average molecular weight is 396 g/mol. The van der Waals surface area contributed by atoms with Crippen LogP contribution in [0.25, 0.3) is 11.1 Å². The Kier molecular flexibility index (Phi) is 6.72. The van der Waals surface area contributed by atoms with E-state index in [0.29, 0.717) is 30.2 Å². The third-order valence-electron chi connectivity index (χ3n) is 4.16. The molecule has 0 aliphatic carbocycles. The van der Waals surface area contributed by atoms with Crippen LogP contribution in [0.4, 0.5) is 11.6 Å². The maximum Gasteiger partial charge on any atom is 0.169 e. The standard InChI is InChI=1S/C19H24N8O2/c1-29-12-15-10-25-27-4-2-13(6-17(15)27)8-24-19-18(21)23-11-16(26-19)14(7-20)9-22-3-5-28/h2,4,6-7,9-11,28H,3,5,8,12,20H2,1H3,(H2,21,23)(H,24,26). The fourth-order valence-electron chi connectivity index (χ4n) is 2.72. The first kappa shape index (κ1) is 20.2. The molecule has 0 unspecified atom stereocenters. The SMILES string of the molecule is COCc1cnn2ccc(CNc3nc(C(C=NCCO)=CN)cnc3N)cc12. The Morgan fingerprint density at radius 2 is 2.28 bits per heavy atom. The number of aliphatic hydroxyl groups is 1. The van der Waals surface area contributed by atoms with Gasteiger partial charge in [-0.3, -0.25) is 4.99 Å². The van der Waals surface area contributed by atoms with Crippen LogP contribution in [0.15, 0.2) is 41.9 Å². The van der Waals surface area contributed by atoms with Gasteiger partial charge < -0.3 is 26.6 Å². The summed E-state index contributed by atoms with van der Waals surface area (Å²) in [5.74, 6) is 0.728. The quantitative estimate of drug-likeness (QED) is 0.389. The lowest BCUT2D eigenvalue weighted by molar-refractivity contribution is 0.186. The second kappa shape index (κ2) is 9.62. The summed E-state index contributed by atoms with van der Waals surface area (Å²) in [6, 6.07) is 4.00. The molecule has 0 spiro atoms. The number of anilines is 2. The number of nitrogen functional groups attached to an aromatic ring is 1. The highest BCUT2D eigenvalue weighted by atomic mass is 16.5. The first-order valence-corrected chi connectivity index (χ1v) is 8.99. The Morgan fingerprint density at radius 3 is 3.03 bits per heavy atom. The lowest BCUT2D eigenvalue weighted by Gasteiger charge is -2.10. The van der Waals surface area contributed by atoms with Crippen LogP contribution in [0.1, 0.15) is 16.8 Å². The van der Waals surface area contributed by atoms with Crippen LogP contribution in [0.5, 0.6) is 0 Å². The minimum Gasteiger partial charge on any atom is -0.404 e. The maximum atomic E-state index is 8.85. The van der Waals surface area contributed by atoms with Gasteiger partial charge in [-0.25, -0.2) is 14.5 Å². The number of hydrogen-bond acceptors (Lipinski definition) is 9. The molecule has 0 atom stereocenters. The summed E-state index contributed by atoms with van der Waals surface area (Å²) < 4.78 is 7.02. The monoisotopic (exact) mass is 396 g/mol. The van der Waals surface area contributed by atoms with Crippen molar-refractivity contribution in [2.24, 2.45) is 10.7 Å². The molecule has 0 saturated heterocycles. The average Bonchev–Trinajstić information content (AvgIpc) is 3.13. The molecule has 10 nitrogen and oxygen atoms in total. The number of fused-ring (bicyclic) bond motifs is 1. The number of nitrogens with zero attached hydrogens (tertiary/aromatic N) is 5. The number of nitrogens with one attached hydrogen (secondary N) is 1. The van der Waals surface area contributed by atoms with Crippen LogP contribution >= 0.6 is 0 Å². The van der Waals surface area contributed by atoms with Gasteiger partial charge in [-0.05, 0) is 17.7 Å². The van der Waals surface area contributed by atoms with Crippen molar-refractivity contribution in [2.45, 2.75) is 13.2 Å². The van der Waals surface area contributed by atoms with E-state index in [0.717, 1.165) is 16.6 Å². The maximum absolute atomic E-state index is 8.85. The first-order valence-electron chi connectivity index (χ1n) is 8.99. The number of nitrogens with two attached hydrogens (primary N) is 2. The number of methoxy groups -OCH3 is 1. The summed E-state index contributed by atoms with van der Waals surface area (Å²) in [6.45, 7) is 1.23. The second-order valence-corrected chi connectivity index (χ2v) is 6.19. The lowest BCUT2D eigenvalue weighted by Crippen LogP contribution is -2.09. The van der Waals surface area contributed by atoms with Gasteiger partial charge in [-0.15, -0.1) is 0 Å². The molecule has 0 bridgehead atoms. The minimum atomic E-state index is -0.0395. The smallest absolute Gasteiger partial charge is 0.169 e. The molecule has 0 saturated carbocycles. The summed E-state index contributed by atoms with van der Waals surface area (Å²) in [5, 5.41) is 16.4. The van der Waals surface area contributed by atoms with Gasteiger partial charge in [-0.1, -0.05) is 0 Å². The first-order chi connectivity index (χ1) is 14.2. The Bertz CT molecular complexity index is 1030. The largest absolute Gasteiger partial charge is 0.404 e. The van der Waals surface area contributed by atoms with Gasteiger partial charge >= 0.3 is 0 Å². The zero-order valence-electron chi connectivity index (χ0n) is 16.1. The van der Waals surface area contributed by atoms with Crippen molar-refractivity contribution in [3.63, 3.8) is 0 Å². The summed E-state index contributed by atoms with van der Waals surface area (Å²) >= 11 is 0. The molecular weight excluding hydrogens is 372 g/mol. The van der Waals surface area contributed by atoms with Crippen LogP contribution in [0, 0.1) is 0 Å².